The highest BCUT2D eigenvalue weighted by Gasteiger charge is 2.28. The molecule has 0 spiro atoms. The standard InChI is InChI=1S/C11H16O2S/c1-9(11(2,3)12)14(13)10-7-5-4-6-8-10/h4-9,12H,1-3H3. The van der Waals surface area contributed by atoms with E-state index in [1.165, 1.54) is 0 Å². The van der Waals surface area contributed by atoms with Gasteiger partial charge in [0.1, 0.15) is 0 Å². The molecular weight excluding hydrogens is 196 g/mol. The molecule has 0 fully saturated rings. The average molecular weight is 212 g/mol. The van der Waals surface area contributed by atoms with E-state index in [0.717, 1.165) is 4.90 Å². The summed E-state index contributed by atoms with van der Waals surface area (Å²) in [6, 6.07) is 9.22. The van der Waals surface area contributed by atoms with Crippen LogP contribution in [0.5, 0.6) is 0 Å². The van der Waals surface area contributed by atoms with Crippen molar-refractivity contribution in [2.45, 2.75) is 36.5 Å². The largest absolute Gasteiger partial charge is 0.389 e. The van der Waals surface area contributed by atoms with Gasteiger partial charge in [0.2, 0.25) is 0 Å². The second kappa shape index (κ2) is 4.24. The average Bonchev–Trinajstić information content (AvgIpc) is 2.15. The fourth-order valence-corrected chi connectivity index (χ4v) is 2.38. The van der Waals surface area contributed by atoms with E-state index in [0.29, 0.717) is 0 Å². The lowest BCUT2D eigenvalue weighted by Gasteiger charge is -2.24. The van der Waals surface area contributed by atoms with Crippen molar-refractivity contribution in [3.05, 3.63) is 30.3 Å². The van der Waals surface area contributed by atoms with Crippen LogP contribution in [-0.2, 0) is 10.8 Å². The van der Waals surface area contributed by atoms with Gasteiger partial charge in [0, 0.05) is 4.90 Å². The third kappa shape index (κ3) is 2.66. The van der Waals surface area contributed by atoms with E-state index in [1.54, 1.807) is 20.8 Å². The van der Waals surface area contributed by atoms with Crippen LogP contribution in [0.4, 0.5) is 0 Å². The summed E-state index contributed by atoms with van der Waals surface area (Å²) in [6.45, 7) is 5.15. The molecule has 0 radical (unpaired) electrons. The molecule has 2 atom stereocenters. The summed E-state index contributed by atoms with van der Waals surface area (Å²) in [4.78, 5) is 0.766. The van der Waals surface area contributed by atoms with Crippen LogP contribution >= 0.6 is 0 Å². The van der Waals surface area contributed by atoms with Crippen LogP contribution in [0.25, 0.3) is 0 Å². The van der Waals surface area contributed by atoms with Gasteiger partial charge in [-0.1, -0.05) is 18.2 Å². The number of rotatable bonds is 3. The molecule has 1 N–H and O–H groups in total. The van der Waals surface area contributed by atoms with Crippen LogP contribution in [0.15, 0.2) is 35.2 Å². The highest BCUT2D eigenvalue weighted by molar-refractivity contribution is 7.85. The number of hydrogen-bond acceptors (Lipinski definition) is 2. The normalized spacial score (nSPS) is 16.3. The minimum atomic E-state index is -1.15. The molecule has 2 unspecified atom stereocenters. The molecule has 14 heavy (non-hydrogen) atoms. The summed E-state index contributed by atoms with van der Waals surface area (Å²) < 4.78 is 11.9. The SMILES string of the molecule is CC(S(=O)c1ccccc1)C(C)(C)O. The zero-order valence-electron chi connectivity index (χ0n) is 8.73. The fourth-order valence-electron chi connectivity index (χ4n) is 1.02. The van der Waals surface area contributed by atoms with Crippen molar-refractivity contribution in [1.29, 1.82) is 0 Å². The summed E-state index contributed by atoms with van der Waals surface area (Å²) in [5, 5.41) is 9.45. The number of benzene rings is 1. The van der Waals surface area contributed by atoms with Crippen molar-refractivity contribution in [1.82, 2.24) is 0 Å². The number of aliphatic hydroxyl groups is 1. The molecule has 0 aliphatic rings. The van der Waals surface area contributed by atoms with Crippen LogP contribution in [0.2, 0.25) is 0 Å². The Morgan fingerprint density at radius 3 is 2.21 bits per heavy atom. The molecule has 0 aliphatic carbocycles. The van der Waals surface area contributed by atoms with E-state index >= 15 is 0 Å². The van der Waals surface area contributed by atoms with Gasteiger partial charge in [-0.2, -0.15) is 0 Å². The first-order valence-electron chi connectivity index (χ1n) is 4.61. The number of hydrogen-bond donors (Lipinski definition) is 1. The molecule has 0 amide bonds. The van der Waals surface area contributed by atoms with E-state index in [-0.39, 0.29) is 5.25 Å². The molecular formula is C11H16O2S. The molecule has 0 bridgehead atoms. The molecule has 0 saturated heterocycles. The summed E-state index contributed by atoms with van der Waals surface area (Å²) in [6.07, 6.45) is 0. The highest BCUT2D eigenvalue weighted by atomic mass is 32.2. The summed E-state index contributed by atoms with van der Waals surface area (Å²) in [5.74, 6) is 0. The lowest BCUT2D eigenvalue weighted by atomic mass is 10.1. The Hall–Kier alpha value is -0.670. The first-order valence-corrected chi connectivity index (χ1v) is 5.82. The highest BCUT2D eigenvalue weighted by Crippen LogP contribution is 2.19. The molecule has 3 heteroatoms. The smallest absolute Gasteiger partial charge is 0.0735 e. The van der Waals surface area contributed by atoms with Crippen molar-refractivity contribution < 1.29 is 9.32 Å². The van der Waals surface area contributed by atoms with Crippen molar-refractivity contribution in [2.75, 3.05) is 0 Å². The van der Waals surface area contributed by atoms with Crippen LogP contribution in [0.1, 0.15) is 20.8 Å². The zero-order valence-corrected chi connectivity index (χ0v) is 9.54. The maximum atomic E-state index is 11.9. The zero-order chi connectivity index (χ0) is 10.8. The molecule has 1 rings (SSSR count). The molecule has 1 aromatic rings. The maximum Gasteiger partial charge on any atom is 0.0735 e. The molecule has 78 valence electrons. The Bertz CT molecular complexity index is 314. The monoisotopic (exact) mass is 212 g/mol. The minimum Gasteiger partial charge on any atom is -0.389 e. The fraction of sp³-hybridized carbons (Fsp3) is 0.455. The second-order valence-corrected chi connectivity index (χ2v) is 5.68. The predicted octanol–water partition coefficient (Wildman–Crippen LogP) is 1.95. The van der Waals surface area contributed by atoms with Crippen LogP contribution in [0.3, 0.4) is 0 Å². The van der Waals surface area contributed by atoms with E-state index < -0.39 is 16.4 Å². The first-order chi connectivity index (χ1) is 6.43. The summed E-state index contributed by atoms with van der Waals surface area (Å²) in [5.41, 5.74) is -0.916. The second-order valence-electron chi connectivity index (χ2n) is 3.91. The molecule has 0 heterocycles. The Morgan fingerprint density at radius 2 is 1.79 bits per heavy atom. The van der Waals surface area contributed by atoms with Crippen LogP contribution < -0.4 is 0 Å². The Kier molecular flexibility index (Phi) is 3.45. The minimum absolute atomic E-state index is 0.273. The lowest BCUT2D eigenvalue weighted by Crippen LogP contribution is -2.36. The molecule has 0 saturated carbocycles. The quantitative estimate of drug-likeness (QED) is 0.831. The Labute approximate surface area is 87.4 Å². The third-order valence-corrected chi connectivity index (χ3v) is 4.25. The van der Waals surface area contributed by atoms with Gasteiger partial charge in [-0.15, -0.1) is 0 Å². The first kappa shape index (κ1) is 11.4. The van der Waals surface area contributed by atoms with E-state index in [4.69, 9.17) is 0 Å². The Morgan fingerprint density at radius 1 is 1.29 bits per heavy atom. The van der Waals surface area contributed by atoms with Gasteiger partial charge in [0.05, 0.1) is 21.7 Å². The van der Waals surface area contributed by atoms with Crippen LogP contribution in [0, 0.1) is 0 Å². The molecule has 0 aliphatic heterocycles. The van der Waals surface area contributed by atoms with Gasteiger partial charge in [-0.3, -0.25) is 4.21 Å². The maximum absolute atomic E-state index is 11.9. The molecule has 1 aromatic carbocycles. The molecule has 2 nitrogen and oxygen atoms in total. The van der Waals surface area contributed by atoms with Crippen molar-refractivity contribution in [3.8, 4) is 0 Å². The van der Waals surface area contributed by atoms with Crippen LogP contribution in [-0.4, -0.2) is 20.2 Å². The lowest BCUT2D eigenvalue weighted by molar-refractivity contribution is 0.0810. The van der Waals surface area contributed by atoms with E-state index in [1.807, 2.05) is 30.3 Å². The van der Waals surface area contributed by atoms with E-state index in [9.17, 15) is 9.32 Å². The van der Waals surface area contributed by atoms with Gasteiger partial charge in [0.25, 0.3) is 0 Å². The predicted molar refractivity (Wildman–Crippen MR) is 58.6 cm³/mol. The van der Waals surface area contributed by atoms with Gasteiger partial charge < -0.3 is 5.11 Å². The van der Waals surface area contributed by atoms with Gasteiger partial charge in [-0.05, 0) is 32.9 Å². The van der Waals surface area contributed by atoms with E-state index in [2.05, 4.69) is 0 Å². The summed E-state index contributed by atoms with van der Waals surface area (Å²) >= 11 is 0. The van der Waals surface area contributed by atoms with Crippen molar-refractivity contribution >= 4 is 10.8 Å². The summed E-state index contributed by atoms with van der Waals surface area (Å²) in [7, 11) is -1.15. The third-order valence-electron chi connectivity index (χ3n) is 2.29. The Balaban J connectivity index is 2.87. The van der Waals surface area contributed by atoms with Gasteiger partial charge >= 0.3 is 0 Å². The van der Waals surface area contributed by atoms with Gasteiger partial charge in [-0.25, -0.2) is 0 Å². The van der Waals surface area contributed by atoms with Gasteiger partial charge in [0.15, 0.2) is 0 Å². The topological polar surface area (TPSA) is 37.3 Å². The van der Waals surface area contributed by atoms with Crippen molar-refractivity contribution in [3.63, 3.8) is 0 Å². The molecule has 0 aromatic heterocycles. The van der Waals surface area contributed by atoms with Crippen molar-refractivity contribution in [2.24, 2.45) is 0 Å².